The number of carbonyl (C=O) groups excluding carboxylic acids is 1. The lowest BCUT2D eigenvalue weighted by molar-refractivity contribution is -0.386. The molecule has 444 valence electrons. The van der Waals surface area contributed by atoms with Gasteiger partial charge in [0, 0.05) is 82.7 Å². The minimum atomic E-state index is -5.80. The molecule has 1 fully saturated rings. The normalized spacial score (nSPS) is 20.3. The number of ether oxygens (including phenoxy) is 3. The number of nitrogen functional groups attached to an aromatic ring is 1. The standard InChI is InChI=1S/C54H54N9O19P3/c1-28(78-52-45-50(58-54(55)59-52)62(27-57-45)43-25-41(64)42(79-43)26-77-84(73,74)82-85(75,76)81-83(70,71)72)33-14-12-29(21-40(33)63(68)69)7-2-16-56-51(65)32-13-15-34(53(66)67)37(24-32)44-38-22-30-8-3-17-60-19-5-10-35(46(30)60)48(38)80-49-36-11-6-20-61-18-4-9-31(47(36)61)23-39(44)49/h12-15,21-24,27-28,41-43,64H,3-6,8-11,16-20,25-26H2,1H3,(H7-,55,56,58,59,65,66,67,70,71,72,73,74,75,76)/p+1/t28-,41?,42-,43-/m1/s1. The number of aryl methyl sites for hydroxylation is 2. The number of amides is 1. The van der Waals surface area contributed by atoms with Gasteiger partial charge in [-0.3, -0.25) is 24.0 Å². The van der Waals surface area contributed by atoms with Gasteiger partial charge in [-0.1, -0.05) is 11.8 Å². The summed E-state index contributed by atoms with van der Waals surface area (Å²) in [5.74, 6) is 5.05. The van der Waals surface area contributed by atoms with Gasteiger partial charge in [-0.05, 0) is 99.0 Å². The van der Waals surface area contributed by atoms with E-state index in [4.69, 9.17) is 29.7 Å². The number of carboxylic acid groups (broad SMARTS) is 1. The average Bonchev–Trinajstić information content (AvgIpc) is 1.91. The minimum absolute atomic E-state index is 0.00771. The van der Waals surface area contributed by atoms with E-state index in [0.29, 0.717) is 5.56 Å². The molecular formula is C54H55N9O19P3+. The van der Waals surface area contributed by atoms with Crippen LogP contribution in [0.15, 0.2) is 54.9 Å². The van der Waals surface area contributed by atoms with Crippen molar-refractivity contribution < 1.29 is 85.3 Å². The Morgan fingerprint density at radius 1 is 0.929 bits per heavy atom. The van der Waals surface area contributed by atoms with Crippen molar-refractivity contribution in [3.8, 4) is 29.2 Å². The average molecular weight is 1230 g/mol. The fraction of sp³-hybridized carbons (Fsp3) is 0.370. The summed E-state index contributed by atoms with van der Waals surface area (Å²) in [4.78, 5) is 91.3. The van der Waals surface area contributed by atoms with E-state index in [1.54, 1.807) is 6.07 Å². The molecule has 0 spiro atoms. The zero-order chi connectivity index (χ0) is 59.9. The third-order valence-electron chi connectivity index (χ3n) is 15.7. The molecule has 3 unspecified atom stereocenters. The second-order valence-electron chi connectivity index (χ2n) is 21.2. The van der Waals surface area contributed by atoms with Crippen LogP contribution in [0.3, 0.4) is 0 Å². The van der Waals surface area contributed by atoms with E-state index >= 15 is 0 Å². The van der Waals surface area contributed by atoms with Crippen LogP contribution in [0.4, 0.5) is 17.3 Å². The molecule has 0 aliphatic carbocycles. The van der Waals surface area contributed by atoms with E-state index in [9.17, 15) is 53.4 Å². The Morgan fingerprint density at radius 2 is 1.68 bits per heavy atom. The van der Waals surface area contributed by atoms with Crippen molar-refractivity contribution in [2.75, 3.05) is 50.0 Å². The highest BCUT2D eigenvalue weighted by molar-refractivity contribution is 7.66. The maximum Gasteiger partial charge on any atom is 0.490 e. The number of rotatable bonds is 16. The highest BCUT2D eigenvalue weighted by atomic mass is 31.3. The molecule has 6 aliphatic heterocycles. The molecule has 0 saturated carbocycles. The highest BCUT2D eigenvalue weighted by Crippen LogP contribution is 2.66. The van der Waals surface area contributed by atoms with Gasteiger partial charge in [-0.2, -0.15) is 18.6 Å². The van der Waals surface area contributed by atoms with Crippen LogP contribution in [0, 0.1) is 22.0 Å². The number of anilines is 2. The van der Waals surface area contributed by atoms with Gasteiger partial charge in [0.25, 0.3) is 11.6 Å². The molecule has 1 saturated heterocycles. The number of carbonyl (C=O) groups is 2. The van der Waals surface area contributed by atoms with Crippen LogP contribution in [0.5, 0.6) is 17.4 Å². The van der Waals surface area contributed by atoms with Gasteiger partial charge in [0.1, 0.15) is 43.0 Å². The Kier molecular flexibility index (Phi) is 15.3. The Balaban J connectivity index is 0.767. The number of benzene rings is 4. The van der Waals surface area contributed by atoms with E-state index in [0.717, 1.165) is 117 Å². The van der Waals surface area contributed by atoms with E-state index in [1.165, 1.54) is 70.3 Å². The molecule has 6 atom stereocenters. The third kappa shape index (κ3) is 11.5. The summed E-state index contributed by atoms with van der Waals surface area (Å²) in [6.07, 6.45) is 3.40. The fourth-order valence-corrected chi connectivity index (χ4v) is 15.3. The topological polar surface area (TPSA) is 393 Å². The van der Waals surface area contributed by atoms with Crippen LogP contribution >= 0.6 is 23.5 Å². The molecule has 0 bridgehead atoms. The SMILES string of the molecule is C[C@@H](Oc1nc(N)nc2c1ncn2[C@H]1CC(O)[C@@H](COP(=O)(O)OP(=O)(O)OP(=O)(O)O)O1)c1ccc(C#CCNC(=O)c2ccc(C(=O)O)c(C3=c4cc5c6c(c4Oc4c3cc3c7c4CCCN7CCC3)CCC[N+]=6CCC5)c2)cc1[N+](=O)[O-]. The molecule has 31 heteroatoms. The number of nitro groups is 1. The van der Waals surface area contributed by atoms with Gasteiger partial charge in [0.15, 0.2) is 11.2 Å². The molecule has 9 N–H and O–H groups in total. The predicted octanol–water partition coefficient (Wildman–Crippen LogP) is 4.36. The summed E-state index contributed by atoms with van der Waals surface area (Å²) in [6, 6.07) is 13.1. The van der Waals surface area contributed by atoms with Crippen molar-refractivity contribution in [2.45, 2.75) is 89.3 Å². The first-order valence-corrected chi connectivity index (χ1v) is 31.7. The number of hydrogen-bond donors (Lipinski definition) is 8. The second kappa shape index (κ2) is 22.4. The van der Waals surface area contributed by atoms with Crippen LogP contribution in [-0.4, -0.2) is 118 Å². The van der Waals surface area contributed by atoms with Gasteiger partial charge < -0.3 is 59.9 Å². The van der Waals surface area contributed by atoms with Crippen LogP contribution in [-0.2, 0) is 57.3 Å². The molecule has 1 amide bonds. The van der Waals surface area contributed by atoms with E-state index < -0.39 is 71.4 Å². The minimum Gasteiger partial charge on any atom is -0.478 e. The van der Waals surface area contributed by atoms with Gasteiger partial charge in [-0.25, -0.2) is 28.0 Å². The van der Waals surface area contributed by atoms with Crippen molar-refractivity contribution in [2.24, 2.45) is 0 Å². The number of imidazole rings is 1. The van der Waals surface area contributed by atoms with Crippen molar-refractivity contribution in [3.63, 3.8) is 0 Å². The number of nitrogens with two attached hydrogens (primary N) is 1. The monoisotopic (exact) mass is 1230 g/mol. The molecule has 0 radical (unpaired) electrons. The quantitative estimate of drug-likeness (QED) is 0.0219. The Labute approximate surface area is 482 Å². The lowest BCUT2D eigenvalue weighted by Gasteiger charge is -2.39. The lowest BCUT2D eigenvalue weighted by Crippen LogP contribution is -2.45. The number of aliphatic hydroxyl groups is 1. The Bertz CT molecular complexity index is 4190. The number of aromatic carboxylic acids is 1. The number of aliphatic hydroxyl groups excluding tert-OH is 1. The molecule has 28 nitrogen and oxygen atoms in total. The zero-order valence-corrected chi connectivity index (χ0v) is 47.8. The third-order valence-corrected chi connectivity index (χ3v) is 19.5. The summed E-state index contributed by atoms with van der Waals surface area (Å²) >= 11 is 0. The number of aromatic nitrogens is 4. The summed E-state index contributed by atoms with van der Waals surface area (Å²) in [5.41, 5.74) is 14.1. The summed E-state index contributed by atoms with van der Waals surface area (Å²) in [6.45, 7) is 4.26. The summed E-state index contributed by atoms with van der Waals surface area (Å²) < 4.78 is 69.9. The molecule has 6 aromatic rings. The molecule has 85 heavy (non-hydrogen) atoms. The largest absolute Gasteiger partial charge is 0.490 e. The molecule has 12 rings (SSSR count). The van der Waals surface area contributed by atoms with Gasteiger partial charge in [-0.15, -0.1) is 0 Å². The molecule has 2 aromatic heterocycles. The molecule has 6 aliphatic rings. The van der Waals surface area contributed by atoms with Crippen LogP contribution in [0.1, 0.15) is 117 Å². The predicted molar refractivity (Wildman–Crippen MR) is 299 cm³/mol. The first kappa shape index (κ1) is 57.9. The smallest absolute Gasteiger partial charge is 0.478 e. The van der Waals surface area contributed by atoms with E-state index in [1.807, 2.05) is 0 Å². The lowest BCUT2D eigenvalue weighted by atomic mass is 9.81. The number of phosphoric acid groups is 3. The van der Waals surface area contributed by atoms with E-state index in [2.05, 4.69) is 66.9 Å². The second-order valence-corrected chi connectivity index (χ2v) is 25.6. The van der Waals surface area contributed by atoms with Gasteiger partial charge in [0.05, 0.1) is 47.2 Å². The number of carboxylic acids is 1. The van der Waals surface area contributed by atoms with Crippen LogP contribution < -0.4 is 40.6 Å². The number of fused-ring (bicyclic) bond motifs is 5. The van der Waals surface area contributed by atoms with Crippen molar-refractivity contribution in [1.29, 1.82) is 0 Å². The summed E-state index contributed by atoms with van der Waals surface area (Å²) in [7, 11) is -17.0. The van der Waals surface area contributed by atoms with E-state index in [-0.39, 0.29) is 63.9 Å². The maximum atomic E-state index is 14.1. The molecule has 4 aromatic carbocycles. The number of nitrogens with zero attached hydrogens (tertiary/aromatic N) is 7. The highest BCUT2D eigenvalue weighted by Gasteiger charge is 2.44. The zero-order valence-electron chi connectivity index (χ0n) is 45.2. The van der Waals surface area contributed by atoms with Crippen molar-refractivity contribution >= 4 is 69.4 Å². The first-order chi connectivity index (χ1) is 40.5. The van der Waals surface area contributed by atoms with Crippen molar-refractivity contribution in [3.05, 3.63) is 131 Å². The molecular weight excluding hydrogens is 1170 g/mol. The number of nitrogens with one attached hydrogen (secondary N) is 1. The first-order valence-electron chi connectivity index (χ1n) is 27.1. The van der Waals surface area contributed by atoms with Gasteiger partial charge >= 0.3 is 29.4 Å². The van der Waals surface area contributed by atoms with Crippen LogP contribution in [0.2, 0.25) is 0 Å². The number of nitro benzene ring substituents is 1. The fourth-order valence-electron chi connectivity index (χ4n) is 12.3. The van der Waals surface area contributed by atoms with Crippen LogP contribution in [0.25, 0.3) is 16.7 Å². The number of hydrogen-bond acceptors (Lipinski definition) is 19. The van der Waals surface area contributed by atoms with Gasteiger partial charge in [0.2, 0.25) is 17.2 Å². The Morgan fingerprint density at radius 3 is 2.45 bits per heavy atom. The number of phosphoric ester groups is 1. The van der Waals surface area contributed by atoms with Crippen molar-refractivity contribution in [1.82, 2.24) is 29.4 Å². The molecule has 8 heterocycles. The Hall–Kier alpha value is -7.47. The maximum absolute atomic E-state index is 14.1. The summed E-state index contributed by atoms with van der Waals surface area (Å²) in [5, 5.41) is 38.9.